The molecule has 0 saturated heterocycles. The molecule has 6 nitrogen and oxygen atoms in total. The first kappa shape index (κ1) is 23.8. The van der Waals surface area contributed by atoms with E-state index in [1.807, 2.05) is 24.3 Å². The van der Waals surface area contributed by atoms with Gasteiger partial charge in [-0.15, -0.1) is 6.54 Å². The molecule has 1 N–H and O–H groups in total. The number of methoxy groups -OCH3 is 1. The van der Waals surface area contributed by atoms with Crippen LogP contribution in [-0.4, -0.2) is 26.6 Å². The van der Waals surface area contributed by atoms with Gasteiger partial charge in [-0.25, -0.2) is 13.2 Å². The molecule has 3 rings (SSSR count). The molecule has 0 unspecified atom stereocenters. The van der Waals surface area contributed by atoms with E-state index in [0.29, 0.717) is 16.1 Å². The van der Waals surface area contributed by atoms with E-state index in [2.05, 4.69) is 11.6 Å². The van der Waals surface area contributed by atoms with Crippen molar-refractivity contribution < 1.29 is 23.1 Å². The van der Waals surface area contributed by atoms with Crippen LogP contribution in [0.3, 0.4) is 0 Å². The van der Waals surface area contributed by atoms with E-state index in [4.69, 9.17) is 16.3 Å². The summed E-state index contributed by atoms with van der Waals surface area (Å²) in [5.41, 5.74) is 2.98. The minimum Gasteiger partial charge on any atom is -0.541 e. The minimum atomic E-state index is -3.95. The fraction of sp³-hybridized carbons (Fsp3) is 0.208. The zero-order valence-corrected chi connectivity index (χ0v) is 19.3. The second-order valence-electron chi connectivity index (χ2n) is 7.13. The number of carboxylic acid groups (broad SMARTS) is 1. The predicted octanol–water partition coefficient (Wildman–Crippen LogP) is 5.93. The molecule has 0 bridgehead atoms. The number of benzene rings is 3. The van der Waals surface area contributed by atoms with Crippen LogP contribution in [0.1, 0.15) is 34.8 Å². The Hall–Kier alpha value is -2.87. The van der Waals surface area contributed by atoms with Crippen molar-refractivity contribution in [1.82, 2.24) is 0 Å². The number of ether oxygens (including phenoxy) is 1. The molecule has 0 fully saturated rings. The van der Waals surface area contributed by atoms with Gasteiger partial charge in [-0.05, 0) is 65.1 Å². The van der Waals surface area contributed by atoms with E-state index in [1.54, 1.807) is 6.07 Å². The molecule has 0 aliphatic heterocycles. The molecule has 0 spiro atoms. The number of aromatic carboxylic acids is 1. The first-order valence-corrected chi connectivity index (χ1v) is 11.8. The van der Waals surface area contributed by atoms with Gasteiger partial charge in [-0.2, -0.15) is 0 Å². The van der Waals surface area contributed by atoms with Crippen LogP contribution in [0.4, 0.5) is 0 Å². The highest BCUT2D eigenvalue weighted by molar-refractivity contribution is 7.94. The number of rotatable bonds is 9. The van der Waals surface area contributed by atoms with Crippen LogP contribution in [-0.2, 0) is 23.0 Å². The second-order valence-corrected chi connectivity index (χ2v) is 9.25. The van der Waals surface area contributed by atoms with E-state index < -0.39 is 16.0 Å². The first-order valence-electron chi connectivity index (χ1n) is 9.98. The lowest BCUT2D eigenvalue weighted by atomic mass is 9.91. The SMILES string of the molecule is CCCc1ccccc1-c1cc(C(=O)O)cc(OC)c1C[N-]S(=O)(=O)c1ccc(Cl)cc1. The van der Waals surface area contributed by atoms with E-state index in [-0.39, 0.29) is 22.8 Å². The third-order valence-electron chi connectivity index (χ3n) is 5.01. The van der Waals surface area contributed by atoms with Crippen LogP contribution < -0.4 is 4.74 Å². The third-order valence-corrected chi connectivity index (χ3v) is 6.60. The number of hydrogen-bond acceptors (Lipinski definition) is 4. The zero-order chi connectivity index (χ0) is 23.3. The molecule has 0 heterocycles. The normalized spacial score (nSPS) is 11.3. The minimum absolute atomic E-state index is 0.0240. The van der Waals surface area contributed by atoms with Crippen molar-refractivity contribution in [2.24, 2.45) is 0 Å². The van der Waals surface area contributed by atoms with Gasteiger partial charge in [0.05, 0.1) is 12.7 Å². The van der Waals surface area contributed by atoms with Gasteiger partial charge < -0.3 is 14.6 Å². The number of sulfonamides is 1. The number of carboxylic acids is 1. The maximum absolute atomic E-state index is 12.8. The highest BCUT2D eigenvalue weighted by atomic mass is 35.5. The molecule has 3 aromatic carbocycles. The summed E-state index contributed by atoms with van der Waals surface area (Å²) in [6.45, 7) is 1.85. The highest BCUT2D eigenvalue weighted by Crippen LogP contribution is 2.37. The van der Waals surface area contributed by atoms with Crippen molar-refractivity contribution in [1.29, 1.82) is 0 Å². The van der Waals surface area contributed by atoms with Crippen LogP contribution in [0.5, 0.6) is 5.75 Å². The summed E-state index contributed by atoms with van der Waals surface area (Å²) in [7, 11) is -2.53. The van der Waals surface area contributed by atoms with E-state index in [0.717, 1.165) is 24.0 Å². The van der Waals surface area contributed by atoms with Gasteiger partial charge in [0.15, 0.2) is 0 Å². The van der Waals surface area contributed by atoms with Crippen LogP contribution in [0, 0.1) is 0 Å². The first-order chi connectivity index (χ1) is 15.3. The molecule has 0 atom stereocenters. The Morgan fingerprint density at radius 1 is 1.06 bits per heavy atom. The van der Waals surface area contributed by atoms with E-state index >= 15 is 0 Å². The Morgan fingerprint density at radius 3 is 2.38 bits per heavy atom. The van der Waals surface area contributed by atoms with E-state index in [1.165, 1.54) is 37.4 Å². The van der Waals surface area contributed by atoms with Gasteiger partial charge in [-0.1, -0.05) is 49.2 Å². The number of halogens is 1. The maximum atomic E-state index is 12.8. The Bertz CT molecular complexity index is 1220. The summed E-state index contributed by atoms with van der Waals surface area (Å²) < 4.78 is 35.0. The zero-order valence-electron chi connectivity index (χ0n) is 17.7. The Kier molecular flexibility index (Phi) is 7.56. The fourth-order valence-corrected chi connectivity index (χ4v) is 4.51. The second kappa shape index (κ2) is 10.2. The molecule has 0 saturated carbocycles. The van der Waals surface area contributed by atoms with E-state index in [9.17, 15) is 18.3 Å². The molecule has 0 aliphatic carbocycles. The van der Waals surface area contributed by atoms with Crippen LogP contribution >= 0.6 is 11.6 Å². The molecule has 168 valence electrons. The van der Waals surface area contributed by atoms with Gasteiger partial charge in [0.1, 0.15) is 15.8 Å². The van der Waals surface area contributed by atoms with Crippen molar-refractivity contribution in [3.8, 4) is 16.9 Å². The lowest BCUT2D eigenvalue weighted by Crippen LogP contribution is -2.06. The number of carbonyl (C=O) groups is 1. The average Bonchev–Trinajstić information content (AvgIpc) is 2.78. The molecule has 32 heavy (non-hydrogen) atoms. The maximum Gasteiger partial charge on any atom is 0.335 e. The Balaban J connectivity index is 2.10. The van der Waals surface area contributed by atoms with Crippen LogP contribution in [0.25, 0.3) is 15.8 Å². The smallest absolute Gasteiger partial charge is 0.335 e. The van der Waals surface area contributed by atoms with Crippen LogP contribution in [0.2, 0.25) is 5.02 Å². The number of aryl methyl sites for hydroxylation is 1. The molecule has 0 aromatic heterocycles. The number of nitrogens with zero attached hydrogens (tertiary/aromatic N) is 1. The van der Waals surface area contributed by atoms with Crippen molar-refractivity contribution >= 4 is 27.6 Å². The summed E-state index contributed by atoms with van der Waals surface area (Å²) in [5, 5.41) is 10.0. The number of hydrogen-bond donors (Lipinski definition) is 1. The van der Waals surface area contributed by atoms with Gasteiger partial charge in [0.25, 0.3) is 0 Å². The topological polar surface area (TPSA) is 94.8 Å². The Morgan fingerprint density at radius 2 is 1.75 bits per heavy atom. The molecule has 0 radical (unpaired) electrons. The summed E-state index contributed by atoms with van der Waals surface area (Å²) in [5.74, 6) is -0.837. The predicted molar refractivity (Wildman–Crippen MR) is 125 cm³/mol. The quantitative estimate of drug-likeness (QED) is 0.416. The summed E-state index contributed by atoms with van der Waals surface area (Å²) in [6, 6.07) is 16.3. The molecule has 0 aliphatic rings. The van der Waals surface area contributed by atoms with Gasteiger partial charge in [-0.3, -0.25) is 0 Å². The van der Waals surface area contributed by atoms with Crippen LogP contribution in [0.15, 0.2) is 65.6 Å². The monoisotopic (exact) mass is 472 g/mol. The largest absolute Gasteiger partial charge is 0.541 e. The molecule has 3 aromatic rings. The standard InChI is InChI=1S/C24H23ClNO5S/c1-3-6-16-7-4-5-8-20(16)21-13-17(24(27)28)14-23(31-2)22(21)15-26-32(29,30)19-11-9-18(25)10-12-19/h4-5,7-14H,3,6,15H2,1-2H3,(H,27,28)/q-1. The lowest BCUT2D eigenvalue weighted by Gasteiger charge is -2.25. The summed E-state index contributed by atoms with van der Waals surface area (Å²) in [4.78, 5) is 11.7. The van der Waals surface area contributed by atoms with Gasteiger partial charge >= 0.3 is 5.97 Å². The van der Waals surface area contributed by atoms with Crippen molar-refractivity contribution in [3.63, 3.8) is 0 Å². The van der Waals surface area contributed by atoms with Gasteiger partial charge in [0, 0.05) is 9.92 Å². The van der Waals surface area contributed by atoms with Crippen molar-refractivity contribution in [3.05, 3.63) is 87.1 Å². The van der Waals surface area contributed by atoms with Crippen molar-refractivity contribution in [2.45, 2.75) is 31.2 Å². The summed E-state index contributed by atoms with van der Waals surface area (Å²) in [6.07, 6.45) is 1.69. The molecular weight excluding hydrogens is 450 g/mol. The third kappa shape index (κ3) is 5.30. The average molecular weight is 473 g/mol. The molecular formula is C24H23ClNO5S-. The fourth-order valence-electron chi connectivity index (χ4n) is 3.46. The molecule has 0 amide bonds. The highest BCUT2D eigenvalue weighted by Gasteiger charge is 2.17. The summed E-state index contributed by atoms with van der Waals surface area (Å²) >= 11 is 5.85. The van der Waals surface area contributed by atoms with Crippen molar-refractivity contribution in [2.75, 3.05) is 7.11 Å². The Labute approximate surface area is 192 Å². The molecule has 8 heteroatoms. The lowest BCUT2D eigenvalue weighted by molar-refractivity contribution is 0.0696. The van der Waals surface area contributed by atoms with Gasteiger partial charge in [0.2, 0.25) is 0 Å².